The van der Waals surface area contributed by atoms with Gasteiger partial charge in [0.05, 0.1) is 16.5 Å². The molecule has 4 nitrogen and oxygen atoms in total. The lowest BCUT2D eigenvalue weighted by atomic mass is 9.78. The van der Waals surface area contributed by atoms with E-state index in [0.29, 0.717) is 10.9 Å². The summed E-state index contributed by atoms with van der Waals surface area (Å²) in [7, 11) is 0. The van der Waals surface area contributed by atoms with Crippen LogP contribution in [0.1, 0.15) is 6.92 Å². The second kappa shape index (κ2) is 3.94. The highest BCUT2D eigenvalue weighted by Gasteiger charge is 2.52. The van der Waals surface area contributed by atoms with E-state index in [1.807, 2.05) is 42.5 Å². The average molecular weight is 283 g/mol. The zero-order chi connectivity index (χ0) is 14.6. The number of rotatable bonds is 1. The van der Waals surface area contributed by atoms with Crippen molar-refractivity contribution in [3.63, 3.8) is 0 Å². The maximum atomic E-state index is 14.5. The Morgan fingerprint density at radius 2 is 1.67 bits per heavy atom. The number of nitrogens with zero attached hydrogens (tertiary/aromatic N) is 1. The lowest BCUT2D eigenvalue weighted by Gasteiger charge is -2.15. The second-order valence-electron chi connectivity index (χ2n) is 5.12. The fraction of sp³-hybridized carbons (Fsp3) is 0.0667. The minimum Gasteiger partial charge on any atom is -0.596 e. The Hall–Kier alpha value is -2.63. The van der Waals surface area contributed by atoms with Gasteiger partial charge in [-0.3, -0.25) is 0 Å². The van der Waals surface area contributed by atoms with Gasteiger partial charge >= 0.3 is 12.7 Å². The van der Waals surface area contributed by atoms with Crippen LogP contribution in [0.3, 0.4) is 0 Å². The highest BCUT2D eigenvalue weighted by molar-refractivity contribution is 6.92. The molecule has 0 saturated carbocycles. The largest absolute Gasteiger partial charge is 0.649 e. The molecular weight excluding hydrogens is 272 g/mol. The monoisotopic (exact) mass is 283 g/mol. The summed E-state index contributed by atoms with van der Waals surface area (Å²) >= 11 is 0. The Labute approximate surface area is 119 Å². The van der Waals surface area contributed by atoms with Crippen LogP contribution in [0.15, 0.2) is 48.5 Å². The summed E-state index contributed by atoms with van der Waals surface area (Å²) in [5, 5.41) is 2.54. The van der Waals surface area contributed by atoms with Crippen LogP contribution in [0.2, 0.25) is 0 Å². The van der Waals surface area contributed by atoms with E-state index in [2.05, 4.69) is 0 Å². The average Bonchev–Trinajstić information content (AvgIpc) is 2.87. The van der Waals surface area contributed by atoms with Crippen LogP contribution in [0, 0.1) is 0 Å². The molecule has 1 aliphatic rings. The SMILES string of the molecule is CC(=O)[B-]1(F)Oc2c3ccccc3c3ccccc3[n+]2O1. The number of halogens is 1. The normalized spacial score (nSPS) is 20.1. The predicted octanol–water partition coefficient (Wildman–Crippen LogP) is 2.14. The van der Waals surface area contributed by atoms with Crippen LogP contribution in [0.4, 0.5) is 4.32 Å². The van der Waals surface area contributed by atoms with Crippen LogP contribution >= 0.6 is 0 Å². The molecule has 1 aliphatic heterocycles. The molecule has 0 N–H and O–H groups in total. The molecule has 0 spiro atoms. The van der Waals surface area contributed by atoms with Gasteiger partial charge in [-0.25, -0.2) is 0 Å². The van der Waals surface area contributed by atoms with Gasteiger partial charge in [0, 0.05) is 16.2 Å². The molecule has 0 radical (unpaired) electrons. The third kappa shape index (κ3) is 1.56. The molecule has 21 heavy (non-hydrogen) atoms. The lowest BCUT2D eigenvalue weighted by Crippen LogP contribution is -2.56. The summed E-state index contributed by atoms with van der Waals surface area (Å²) in [5.41, 5.74) is -0.110. The molecule has 0 saturated heterocycles. The molecule has 2 heterocycles. The molecular formula is C15H11BFNO3. The molecule has 2 aromatic carbocycles. The van der Waals surface area contributed by atoms with E-state index in [1.165, 1.54) is 4.73 Å². The van der Waals surface area contributed by atoms with Crippen LogP contribution in [0.25, 0.3) is 21.7 Å². The van der Waals surface area contributed by atoms with E-state index < -0.39 is 12.5 Å². The zero-order valence-corrected chi connectivity index (χ0v) is 11.2. The third-order valence-corrected chi connectivity index (χ3v) is 3.74. The molecule has 0 fully saturated rings. The number of carbonyl (C=O) groups is 1. The summed E-state index contributed by atoms with van der Waals surface area (Å²) in [6, 6.07) is 14.9. The van der Waals surface area contributed by atoms with Gasteiger partial charge in [0.2, 0.25) is 0 Å². The molecule has 4 rings (SSSR count). The van der Waals surface area contributed by atoms with Gasteiger partial charge in [-0.1, -0.05) is 30.3 Å². The van der Waals surface area contributed by atoms with E-state index in [4.69, 9.17) is 9.41 Å². The third-order valence-electron chi connectivity index (χ3n) is 3.74. The van der Waals surface area contributed by atoms with E-state index in [9.17, 15) is 9.11 Å². The number of hydrogen-bond acceptors (Lipinski definition) is 3. The number of pyridine rings is 1. The van der Waals surface area contributed by atoms with Gasteiger partial charge in [0.25, 0.3) is 5.52 Å². The van der Waals surface area contributed by atoms with Crippen molar-refractivity contribution in [2.24, 2.45) is 0 Å². The maximum absolute atomic E-state index is 14.5. The number of carbonyl (C=O) groups excluding carboxylic acids is 1. The van der Waals surface area contributed by atoms with Gasteiger partial charge in [-0.05, 0) is 19.1 Å². The van der Waals surface area contributed by atoms with Crippen molar-refractivity contribution in [1.29, 1.82) is 0 Å². The highest BCUT2D eigenvalue weighted by atomic mass is 19.1. The molecule has 104 valence electrons. The van der Waals surface area contributed by atoms with Gasteiger partial charge < -0.3 is 18.5 Å². The first kappa shape index (κ1) is 12.1. The summed E-state index contributed by atoms with van der Waals surface area (Å²) < 4.78 is 26.3. The first-order valence-corrected chi connectivity index (χ1v) is 6.67. The van der Waals surface area contributed by atoms with Gasteiger partial charge in [0.15, 0.2) is 0 Å². The maximum Gasteiger partial charge on any atom is 0.649 e. The molecule has 0 amide bonds. The number of hydrogen-bond donors (Lipinski definition) is 0. The quantitative estimate of drug-likeness (QED) is 0.390. The van der Waals surface area contributed by atoms with Crippen LogP contribution in [-0.4, -0.2) is 12.5 Å². The second-order valence-corrected chi connectivity index (χ2v) is 5.12. The summed E-state index contributed by atoms with van der Waals surface area (Å²) in [5.74, 6) is 0.224. The molecule has 1 aromatic heterocycles. The summed E-state index contributed by atoms with van der Waals surface area (Å²) in [6.45, 7) is -2.38. The van der Waals surface area contributed by atoms with Crippen molar-refractivity contribution >= 4 is 34.2 Å². The number of aromatic nitrogens is 1. The fourth-order valence-corrected chi connectivity index (χ4v) is 2.68. The lowest BCUT2D eigenvalue weighted by molar-refractivity contribution is -0.831. The Morgan fingerprint density at radius 1 is 1.05 bits per heavy atom. The summed E-state index contributed by atoms with van der Waals surface area (Å²) in [4.78, 5) is 11.5. The van der Waals surface area contributed by atoms with Crippen LogP contribution in [-0.2, 0) is 4.79 Å². The Kier molecular flexibility index (Phi) is 2.28. The highest BCUT2D eigenvalue weighted by Crippen LogP contribution is 2.33. The van der Waals surface area contributed by atoms with E-state index in [1.54, 1.807) is 6.07 Å². The van der Waals surface area contributed by atoms with E-state index in [0.717, 1.165) is 17.7 Å². The minimum atomic E-state index is -3.50. The molecule has 1 atom stereocenters. The smallest absolute Gasteiger partial charge is 0.596 e. The number of para-hydroxylation sites is 1. The van der Waals surface area contributed by atoms with Gasteiger partial charge in [0.1, 0.15) is 0 Å². The van der Waals surface area contributed by atoms with Gasteiger partial charge in [-0.2, -0.15) is 0 Å². The standard InChI is InChI=1S/C15H11BFNO3/c1-10(19)16(17)20-15-13-8-3-2-6-11(13)12-7-4-5-9-14(12)18(15)21-16/h2-9H,1H3. The van der Waals surface area contributed by atoms with Gasteiger partial charge in [-0.15, -0.1) is 0 Å². The van der Waals surface area contributed by atoms with Crippen molar-refractivity contribution in [2.45, 2.75) is 6.92 Å². The van der Waals surface area contributed by atoms with E-state index in [-0.39, 0.29) is 5.88 Å². The molecule has 3 aromatic rings. The Balaban J connectivity index is 2.15. The minimum absolute atomic E-state index is 0.224. The first-order chi connectivity index (χ1) is 10.1. The van der Waals surface area contributed by atoms with Crippen molar-refractivity contribution in [1.82, 2.24) is 0 Å². The van der Waals surface area contributed by atoms with Crippen LogP contribution in [0.5, 0.6) is 5.88 Å². The molecule has 1 unspecified atom stereocenters. The van der Waals surface area contributed by atoms with Crippen molar-refractivity contribution in [2.75, 3.05) is 0 Å². The van der Waals surface area contributed by atoms with Crippen molar-refractivity contribution in [3.8, 4) is 5.88 Å². The van der Waals surface area contributed by atoms with Crippen molar-refractivity contribution < 1.29 is 23.3 Å². The number of fused-ring (bicyclic) bond motifs is 6. The topological polar surface area (TPSA) is 39.4 Å². The van der Waals surface area contributed by atoms with E-state index >= 15 is 0 Å². The molecule has 6 heteroatoms. The fourth-order valence-electron chi connectivity index (χ4n) is 2.68. The summed E-state index contributed by atoms with van der Waals surface area (Å²) in [6.07, 6.45) is 0. The predicted molar refractivity (Wildman–Crippen MR) is 76.4 cm³/mol. The van der Waals surface area contributed by atoms with Crippen LogP contribution < -0.4 is 14.1 Å². The number of benzene rings is 2. The Bertz CT molecular complexity index is 847. The molecule has 0 aliphatic carbocycles. The zero-order valence-electron chi connectivity index (χ0n) is 11.2. The molecule has 0 bridgehead atoms. The Morgan fingerprint density at radius 3 is 2.38 bits per heavy atom. The first-order valence-electron chi connectivity index (χ1n) is 6.67. The van der Waals surface area contributed by atoms with Crippen molar-refractivity contribution in [3.05, 3.63) is 48.5 Å².